The number of aromatic nitrogens is 2. The summed E-state index contributed by atoms with van der Waals surface area (Å²) in [6, 6.07) is 4.46. The van der Waals surface area contributed by atoms with Crippen LogP contribution < -0.4 is 10.2 Å². The fourth-order valence-corrected chi connectivity index (χ4v) is 3.72. The lowest BCUT2D eigenvalue weighted by atomic mass is 9.96. The predicted molar refractivity (Wildman–Crippen MR) is 89.7 cm³/mol. The summed E-state index contributed by atoms with van der Waals surface area (Å²) < 4.78 is 2.18. The number of fused-ring (bicyclic) bond motifs is 1. The van der Waals surface area contributed by atoms with Gasteiger partial charge >= 0.3 is 0 Å². The third-order valence-corrected chi connectivity index (χ3v) is 4.99. The minimum atomic E-state index is 0.585. The molecule has 2 fully saturated rings. The molecule has 0 bridgehead atoms. The Morgan fingerprint density at radius 2 is 2.09 bits per heavy atom. The Morgan fingerprint density at radius 3 is 2.91 bits per heavy atom. The highest BCUT2D eigenvalue weighted by atomic mass is 15.2. The van der Waals surface area contributed by atoms with Gasteiger partial charge in [-0.25, -0.2) is 4.98 Å². The van der Waals surface area contributed by atoms with Crippen LogP contribution in [-0.4, -0.2) is 60.6 Å². The van der Waals surface area contributed by atoms with E-state index < -0.39 is 0 Å². The molecule has 0 saturated carbocycles. The lowest BCUT2D eigenvalue weighted by Crippen LogP contribution is -2.43. The zero-order chi connectivity index (χ0) is 14.9. The molecule has 4 heterocycles. The van der Waals surface area contributed by atoms with Gasteiger partial charge in [0.05, 0.1) is 5.69 Å². The smallest absolute Gasteiger partial charge is 0.139 e. The van der Waals surface area contributed by atoms with Crippen molar-refractivity contribution in [3.63, 3.8) is 0 Å². The minimum Gasteiger partial charge on any atom is -0.369 e. The second-order valence-electron chi connectivity index (χ2n) is 6.65. The molecule has 5 heteroatoms. The topological polar surface area (TPSA) is 35.8 Å². The van der Waals surface area contributed by atoms with Crippen LogP contribution in [0, 0.1) is 0 Å². The Bertz CT molecular complexity index is 644. The maximum absolute atomic E-state index is 4.92. The van der Waals surface area contributed by atoms with Crippen molar-refractivity contribution in [2.75, 3.05) is 51.2 Å². The number of rotatable bonds is 2. The summed E-state index contributed by atoms with van der Waals surface area (Å²) in [7, 11) is 2.21. The van der Waals surface area contributed by atoms with Gasteiger partial charge in [-0.3, -0.25) is 0 Å². The van der Waals surface area contributed by atoms with Gasteiger partial charge in [-0.15, -0.1) is 0 Å². The molecule has 5 nitrogen and oxygen atoms in total. The van der Waals surface area contributed by atoms with E-state index in [2.05, 4.69) is 51.1 Å². The van der Waals surface area contributed by atoms with E-state index in [1.807, 2.05) is 0 Å². The molecule has 22 heavy (non-hydrogen) atoms. The van der Waals surface area contributed by atoms with E-state index >= 15 is 0 Å². The van der Waals surface area contributed by atoms with E-state index in [4.69, 9.17) is 4.98 Å². The van der Waals surface area contributed by atoms with E-state index in [9.17, 15) is 0 Å². The summed E-state index contributed by atoms with van der Waals surface area (Å²) in [6.07, 6.45) is 6.93. The largest absolute Gasteiger partial charge is 0.369 e. The van der Waals surface area contributed by atoms with Gasteiger partial charge in [0.2, 0.25) is 0 Å². The molecule has 2 aromatic rings. The second kappa shape index (κ2) is 5.89. The lowest BCUT2D eigenvalue weighted by Gasteiger charge is -2.29. The maximum atomic E-state index is 4.92. The SMILES string of the molecule is CN1CCCC(c2cn3ccc(N4CCNCC4)cc3n2)C1. The second-order valence-corrected chi connectivity index (χ2v) is 6.65. The average Bonchev–Trinajstić information content (AvgIpc) is 2.99. The van der Waals surface area contributed by atoms with Crippen molar-refractivity contribution < 1.29 is 0 Å². The van der Waals surface area contributed by atoms with Crippen molar-refractivity contribution in [3.05, 3.63) is 30.2 Å². The van der Waals surface area contributed by atoms with Crippen molar-refractivity contribution in [1.29, 1.82) is 0 Å². The van der Waals surface area contributed by atoms with Crippen LogP contribution in [0.15, 0.2) is 24.5 Å². The number of pyridine rings is 1. The van der Waals surface area contributed by atoms with Crippen LogP contribution in [0.2, 0.25) is 0 Å². The Hall–Kier alpha value is -1.59. The molecule has 118 valence electrons. The molecular weight excluding hydrogens is 274 g/mol. The lowest BCUT2D eigenvalue weighted by molar-refractivity contribution is 0.249. The standard InChI is InChI=1S/C17H25N5/c1-20-7-2-3-14(12-20)16-13-22-8-4-15(11-17(22)19-16)21-9-5-18-6-10-21/h4,8,11,13-14,18H,2-3,5-7,9-10,12H2,1H3. The van der Waals surface area contributed by atoms with Gasteiger partial charge in [-0.1, -0.05) is 0 Å². The van der Waals surface area contributed by atoms with Crippen molar-refractivity contribution in [3.8, 4) is 0 Å². The number of piperidine rings is 1. The first-order chi connectivity index (χ1) is 10.8. The monoisotopic (exact) mass is 299 g/mol. The third kappa shape index (κ3) is 2.71. The normalized spacial score (nSPS) is 24.0. The van der Waals surface area contributed by atoms with E-state index in [0.717, 1.165) is 38.4 Å². The highest BCUT2D eigenvalue weighted by molar-refractivity contribution is 5.57. The van der Waals surface area contributed by atoms with Crippen LogP contribution >= 0.6 is 0 Å². The predicted octanol–water partition coefficient (Wildman–Crippen LogP) is 1.55. The summed E-state index contributed by atoms with van der Waals surface area (Å²) in [5.41, 5.74) is 3.63. The Labute approximate surface area is 131 Å². The number of anilines is 1. The van der Waals surface area contributed by atoms with Gasteiger partial charge in [0, 0.05) is 62.8 Å². The highest BCUT2D eigenvalue weighted by Crippen LogP contribution is 2.26. The number of likely N-dealkylation sites (N-methyl/N-ethyl adjacent to an activating group) is 1. The van der Waals surface area contributed by atoms with E-state index in [1.165, 1.54) is 30.8 Å². The summed E-state index contributed by atoms with van der Waals surface area (Å²) in [5, 5.41) is 3.41. The number of hydrogen-bond acceptors (Lipinski definition) is 4. The Kier molecular flexibility index (Phi) is 3.76. The van der Waals surface area contributed by atoms with E-state index in [0.29, 0.717) is 5.92 Å². The number of nitrogens with zero attached hydrogens (tertiary/aromatic N) is 4. The number of hydrogen-bond donors (Lipinski definition) is 1. The highest BCUT2D eigenvalue weighted by Gasteiger charge is 2.21. The number of likely N-dealkylation sites (tertiary alicyclic amines) is 1. The van der Waals surface area contributed by atoms with Gasteiger partial charge in [0.15, 0.2) is 0 Å². The molecule has 1 atom stereocenters. The van der Waals surface area contributed by atoms with Crippen LogP contribution in [0.3, 0.4) is 0 Å². The zero-order valence-electron chi connectivity index (χ0n) is 13.3. The molecule has 0 radical (unpaired) electrons. The summed E-state index contributed by atoms with van der Waals surface area (Å²) in [6.45, 7) is 6.65. The zero-order valence-corrected chi connectivity index (χ0v) is 13.3. The summed E-state index contributed by atoms with van der Waals surface area (Å²) >= 11 is 0. The first-order valence-electron chi connectivity index (χ1n) is 8.42. The molecule has 0 spiro atoms. The first kappa shape index (κ1) is 14.0. The molecule has 2 aliphatic rings. The number of piperazine rings is 1. The molecule has 1 unspecified atom stereocenters. The number of imidazole rings is 1. The molecule has 2 aromatic heterocycles. The van der Waals surface area contributed by atoms with Gasteiger partial charge < -0.3 is 19.5 Å². The first-order valence-corrected chi connectivity index (χ1v) is 8.42. The molecule has 0 aliphatic carbocycles. The summed E-state index contributed by atoms with van der Waals surface area (Å²) in [5.74, 6) is 0.585. The third-order valence-electron chi connectivity index (χ3n) is 4.99. The molecule has 4 rings (SSSR count). The fourth-order valence-electron chi connectivity index (χ4n) is 3.72. The molecule has 2 aliphatic heterocycles. The Balaban J connectivity index is 1.60. The van der Waals surface area contributed by atoms with Gasteiger partial charge in [0.1, 0.15) is 5.65 Å². The molecule has 2 saturated heterocycles. The van der Waals surface area contributed by atoms with E-state index in [-0.39, 0.29) is 0 Å². The molecule has 1 N–H and O–H groups in total. The fraction of sp³-hybridized carbons (Fsp3) is 0.588. The van der Waals surface area contributed by atoms with Crippen LogP contribution in [0.1, 0.15) is 24.5 Å². The van der Waals surface area contributed by atoms with Crippen LogP contribution in [0.5, 0.6) is 0 Å². The van der Waals surface area contributed by atoms with E-state index in [1.54, 1.807) is 0 Å². The molecular formula is C17H25N5. The van der Waals surface area contributed by atoms with Gasteiger partial charge in [-0.2, -0.15) is 0 Å². The van der Waals surface area contributed by atoms with Crippen LogP contribution in [-0.2, 0) is 0 Å². The van der Waals surface area contributed by atoms with Gasteiger partial charge in [0.25, 0.3) is 0 Å². The number of nitrogens with one attached hydrogen (secondary N) is 1. The van der Waals surface area contributed by atoms with Gasteiger partial charge in [-0.05, 0) is 32.5 Å². The van der Waals surface area contributed by atoms with Crippen LogP contribution in [0.4, 0.5) is 5.69 Å². The van der Waals surface area contributed by atoms with Crippen molar-refractivity contribution >= 4 is 11.3 Å². The van der Waals surface area contributed by atoms with Crippen molar-refractivity contribution in [1.82, 2.24) is 19.6 Å². The Morgan fingerprint density at radius 1 is 1.23 bits per heavy atom. The van der Waals surface area contributed by atoms with Crippen LogP contribution in [0.25, 0.3) is 5.65 Å². The average molecular weight is 299 g/mol. The minimum absolute atomic E-state index is 0.585. The quantitative estimate of drug-likeness (QED) is 0.913. The summed E-state index contributed by atoms with van der Waals surface area (Å²) in [4.78, 5) is 9.78. The molecule has 0 aromatic carbocycles. The molecule has 0 amide bonds. The van der Waals surface area contributed by atoms with Crippen molar-refractivity contribution in [2.24, 2.45) is 0 Å². The van der Waals surface area contributed by atoms with Crippen molar-refractivity contribution in [2.45, 2.75) is 18.8 Å². The maximum Gasteiger partial charge on any atom is 0.139 e.